The van der Waals surface area contributed by atoms with Crippen molar-refractivity contribution in [2.75, 3.05) is 41.8 Å². The van der Waals surface area contributed by atoms with E-state index >= 15 is 0 Å². The van der Waals surface area contributed by atoms with Crippen LogP contribution < -0.4 is 15.5 Å². The number of aromatic nitrogens is 3. The lowest BCUT2D eigenvalue weighted by Crippen LogP contribution is -2.38. The van der Waals surface area contributed by atoms with Crippen molar-refractivity contribution in [1.29, 1.82) is 0 Å². The molecule has 0 atom stereocenters. The Morgan fingerprint density at radius 2 is 1.77 bits per heavy atom. The lowest BCUT2D eigenvalue weighted by molar-refractivity contribution is -0.121. The standard InChI is InChI=1S/C24H25FN6O4/c25-18-6-2-1-5-17(18)24(9-3-4-10-24)22(33)28-23-30-29-21(35-23)20(32)27-16-7-8-19(26-15-16)31-11-13-34-14-12-31/h1-2,5-8,15H,3-4,9-14H2,(H,27,32)(H,28,30,33). The van der Waals surface area contributed by atoms with E-state index in [1.54, 1.807) is 30.5 Å². The first kappa shape index (κ1) is 22.9. The molecule has 10 nitrogen and oxygen atoms in total. The first-order chi connectivity index (χ1) is 17.0. The second kappa shape index (κ2) is 9.79. The van der Waals surface area contributed by atoms with Gasteiger partial charge in [0.05, 0.1) is 30.5 Å². The van der Waals surface area contributed by atoms with E-state index in [4.69, 9.17) is 9.15 Å². The molecular formula is C24H25FN6O4. The number of hydrogen-bond donors (Lipinski definition) is 2. The predicted octanol–water partition coefficient (Wildman–Crippen LogP) is 3.14. The number of pyridine rings is 1. The Hall–Kier alpha value is -3.86. The van der Waals surface area contributed by atoms with E-state index in [-0.39, 0.29) is 11.9 Å². The van der Waals surface area contributed by atoms with Crippen molar-refractivity contribution >= 4 is 29.3 Å². The number of anilines is 3. The van der Waals surface area contributed by atoms with Crippen molar-refractivity contribution in [2.24, 2.45) is 0 Å². The largest absolute Gasteiger partial charge is 0.399 e. The number of hydrogen-bond acceptors (Lipinski definition) is 8. The quantitative estimate of drug-likeness (QED) is 0.552. The molecule has 182 valence electrons. The normalized spacial score (nSPS) is 17.2. The van der Waals surface area contributed by atoms with Crippen LogP contribution in [-0.2, 0) is 14.9 Å². The van der Waals surface area contributed by atoms with E-state index in [0.29, 0.717) is 37.3 Å². The third-order valence-corrected chi connectivity index (χ3v) is 6.46. The lowest BCUT2D eigenvalue weighted by atomic mass is 9.77. The van der Waals surface area contributed by atoms with Crippen LogP contribution in [0.3, 0.4) is 0 Å². The number of halogens is 1. The third-order valence-electron chi connectivity index (χ3n) is 6.46. The summed E-state index contributed by atoms with van der Waals surface area (Å²) in [7, 11) is 0. The Morgan fingerprint density at radius 3 is 2.49 bits per heavy atom. The Balaban J connectivity index is 1.24. The van der Waals surface area contributed by atoms with Crippen LogP contribution in [0.1, 0.15) is 41.9 Å². The highest BCUT2D eigenvalue weighted by atomic mass is 19.1. The van der Waals surface area contributed by atoms with Crippen molar-refractivity contribution in [3.63, 3.8) is 0 Å². The van der Waals surface area contributed by atoms with Gasteiger partial charge in [0, 0.05) is 18.7 Å². The molecule has 3 aromatic rings. The molecule has 0 spiro atoms. The molecule has 1 saturated heterocycles. The summed E-state index contributed by atoms with van der Waals surface area (Å²) >= 11 is 0. The van der Waals surface area contributed by atoms with Crippen molar-refractivity contribution in [3.05, 3.63) is 59.9 Å². The molecule has 2 fully saturated rings. The van der Waals surface area contributed by atoms with Crippen LogP contribution in [0, 0.1) is 5.82 Å². The second-order valence-corrected chi connectivity index (χ2v) is 8.59. The summed E-state index contributed by atoms with van der Waals surface area (Å²) in [4.78, 5) is 32.2. The van der Waals surface area contributed by atoms with Gasteiger partial charge < -0.3 is 19.4 Å². The molecule has 35 heavy (non-hydrogen) atoms. The van der Waals surface area contributed by atoms with Crippen LogP contribution in [0.2, 0.25) is 0 Å². The first-order valence-electron chi connectivity index (χ1n) is 11.6. The number of rotatable bonds is 6. The number of carbonyl (C=O) groups is 2. The second-order valence-electron chi connectivity index (χ2n) is 8.59. The summed E-state index contributed by atoms with van der Waals surface area (Å²) in [5.41, 5.74) is -0.211. The highest BCUT2D eigenvalue weighted by Crippen LogP contribution is 2.43. The average molecular weight is 481 g/mol. The summed E-state index contributed by atoms with van der Waals surface area (Å²) in [5.74, 6) is -1.01. The number of benzene rings is 1. The lowest BCUT2D eigenvalue weighted by Gasteiger charge is -2.27. The molecule has 0 bridgehead atoms. The van der Waals surface area contributed by atoms with Gasteiger partial charge in [0.1, 0.15) is 11.6 Å². The maximum absolute atomic E-state index is 14.5. The smallest absolute Gasteiger partial charge is 0.322 e. The SMILES string of the molecule is O=C(Nc1ccc(N2CCOCC2)nc1)c1nnc(NC(=O)C2(c3ccccc3F)CCCC2)o1. The number of carbonyl (C=O) groups excluding carboxylic acids is 2. The molecule has 1 aliphatic carbocycles. The number of nitrogens with zero attached hydrogens (tertiary/aromatic N) is 4. The van der Waals surface area contributed by atoms with Crippen LogP contribution in [0.25, 0.3) is 0 Å². The van der Waals surface area contributed by atoms with Crippen molar-refractivity contribution < 1.29 is 23.1 Å². The Labute approximate surface area is 200 Å². The first-order valence-corrected chi connectivity index (χ1v) is 11.6. The summed E-state index contributed by atoms with van der Waals surface area (Å²) < 4.78 is 25.3. The molecule has 0 unspecified atom stereocenters. The summed E-state index contributed by atoms with van der Waals surface area (Å²) in [6.07, 6.45) is 4.17. The molecule has 2 N–H and O–H groups in total. The molecule has 1 aromatic carbocycles. The minimum absolute atomic E-state index is 0.219. The fraction of sp³-hybridized carbons (Fsp3) is 0.375. The number of nitrogens with one attached hydrogen (secondary N) is 2. The fourth-order valence-electron chi connectivity index (χ4n) is 4.65. The Morgan fingerprint density at radius 1 is 1.00 bits per heavy atom. The Kier molecular flexibility index (Phi) is 6.41. The number of ether oxygens (including phenoxy) is 1. The topological polar surface area (TPSA) is 122 Å². The molecule has 1 aliphatic heterocycles. The molecule has 0 radical (unpaired) electrons. The van der Waals surface area contributed by atoms with Crippen LogP contribution in [0.5, 0.6) is 0 Å². The van der Waals surface area contributed by atoms with E-state index in [1.165, 1.54) is 6.07 Å². The molecule has 2 aromatic heterocycles. The zero-order chi connectivity index (χ0) is 24.3. The van der Waals surface area contributed by atoms with Gasteiger partial charge in [-0.1, -0.05) is 36.1 Å². The van der Waals surface area contributed by atoms with Crippen molar-refractivity contribution in [3.8, 4) is 0 Å². The summed E-state index contributed by atoms with van der Waals surface area (Å²) in [5, 5.41) is 12.7. The van der Waals surface area contributed by atoms with Gasteiger partial charge in [0.25, 0.3) is 0 Å². The molecule has 2 aliphatic rings. The predicted molar refractivity (Wildman–Crippen MR) is 125 cm³/mol. The van der Waals surface area contributed by atoms with E-state index in [9.17, 15) is 14.0 Å². The van der Waals surface area contributed by atoms with E-state index in [0.717, 1.165) is 31.7 Å². The van der Waals surface area contributed by atoms with Gasteiger partial charge in [-0.25, -0.2) is 9.37 Å². The molecule has 1 saturated carbocycles. The monoisotopic (exact) mass is 480 g/mol. The summed E-state index contributed by atoms with van der Waals surface area (Å²) in [6.45, 7) is 2.82. The zero-order valence-corrected chi connectivity index (χ0v) is 19.0. The summed E-state index contributed by atoms with van der Waals surface area (Å²) in [6, 6.07) is 9.60. The highest BCUT2D eigenvalue weighted by molar-refractivity contribution is 6.01. The van der Waals surface area contributed by atoms with E-state index in [2.05, 4.69) is 30.7 Å². The van der Waals surface area contributed by atoms with Crippen LogP contribution in [-0.4, -0.2) is 53.3 Å². The Bertz CT molecular complexity index is 1200. The molecule has 11 heteroatoms. The van der Waals surface area contributed by atoms with Gasteiger partial charge in [0.15, 0.2) is 0 Å². The van der Waals surface area contributed by atoms with Gasteiger partial charge in [-0.2, -0.15) is 0 Å². The fourth-order valence-corrected chi connectivity index (χ4v) is 4.65. The maximum Gasteiger partial charge on any atom is 0.322 e. The van der Waals surface area contributed by atoms with E-state index < -0.39 is 23.0 Å². The molecule has 3 heterocycles. The van der Waals surface area contributed by atoms with Crippen LogP contribution >= 0.6 is 0 Å². The van der Waals surface area contributed by atoms with Gasteiger partial charge in [0.2, 0.25) is 5.91 Å². The molecule has 2 amide bonds. The minimum Gasteiger partial charge on any atom is -0.399 e. The van der Waals surface area contributed by atoms with Crippen molar-refractivity contribution in [2.45, 2.75) is 31.1 Å². The van der Waals surface area contributed by atoms with Crippen LogP contribution in [0.4, 0.5) is 21.9 Å². The average Bonchev–Trinajstić information content (AvgIpc) is 3.56. The van der Waals surface area contributed by atoms with Gasteiger partial charge in [-0.15, -0.1) is 5.10 Å². The van der Waals surface area contributed by atoms with Gasteiger partial charge in [-0.3, -0.25) is 14.9 Å². The third kappa shape index (κ3) is 4.72. The molecular weight excluding hydrogens is 455 g/mol. The highest BCUT2D eigenvalue weighted by Gasteiger charge is 2.45. The van der Waals surface area contributed by atoms with Crippen LogP contribution in [0.15, 0.2) is 47.0 Å². The minimum atomic E-state index is -1.02. The molecule has 5 rings (SSSR count). The van der Waals surface area contributed by atoms with Crippen molar-refractivity contribution in [1.82, 2.24) is 15.2 Å². The van der Waals surface area contributed by atoms with E-state index in [1.807, 2.05) is 6.07 Å². The maximum atomic E-state index is 14.5. The number of morpholine rings is 1. The zero-order valence-electron chi connectivity index (χ0n) is 19.0. The van der Waals surface area contributed by atoms with Gasteiger partial charge >= 0.3 is 17.8 Å². The van der Waals surface area contributed by atoms with Gasteiger partial charge in [-0.05, 0) is 31.0 Å². The number of amides is 2.